The summed E-state index contributed by atoms with van der Waals surface area (Å²) in [6, 6.07) is 0.579. The number of likely N-dealkylation sites (N-methyl/N-ethyl adjacent to an activating group) is 2. The summed E-state index contributed by atoms with van der Waals surface area (Å²) in [6.07, 6.45) is 3.65. The van der Waals surface area contributed by atoms with Gasteiger partial charge in [-0.1, -0.05) is 13.8 Å². The van der Waals surface area contributed by atoms with Gasteiger partial charge in [-0.15, -0.1) is 11.3 Å². The second-order valence-electron chi connectivity index (χ2n) is 5.99. The average Bonchev–Trinajstić information content (AvgIpc) is 2.89. The van der Waals surface area contributed by atoms with Crippen LogP contribution in [0.4, 0.5) is 5.13 Å². The first-order chi connectivity index (χ1) is 9.56. The number of nitrogens with two attached hydrogens (primary N) is 1. The van der Waals surface area contributed by atoms with Crippen LogP contribution in [0.15, 0.2) is 0 Å². The van der Waals surface area contributed by atoms with Crippen molar-refractivity contribution >= 4 is 16.5 Å². The van der Waals surface area contributed by atoms with E-state index < -0.39 is 0 Å². The molecule has 2 atom stereocenters. The molecule has 2 rings (SSSR count). The first kappa shape index (κ1) is 15.7. The Morgan fingerprint density at radius 2 is 2.30 bits per heavy atom. The Morgan fingerprint density at radius 3 is 2.90 bits per heavy atom. The first-order valence-corrected chi connectivity index (χ1v) is 8.49. The van der Waals surface area contributed by atoms with E-state index in [-0.39, 0.29) is 0 Å². The minimum absolute atomic E-state index is 0.501. The maximum absolute atomic E-state index is 5.90. The van der Waals surface area contributed by atoms with E-state index in [1.807, 2.05) is 0 Å². The van der Waals surface area contributed by atoms with Gasteiger partial charge >= 0.3 is 0 Å². The van der Waals surface area contributed by atoms with Gasteiger partial charge in [0.1, 0.15) is 0 Å². The lowest BCUT2D eigenvalue weighted by Gasteiger charge is -2.35. The largest absolute Gasteiger partial charge is 0.347 e. The normalized spacial score (nSPS) is 21.9. The summed E-state index contributed by atoms with van der Waals surface area (Å²) in [5.74, 6) is 0.501. The highest BCUT2D eigenvalue weighted by Crippen LogP contribution is 2.33. The van der Waals surface area contributed by atoms with Gasteiger partial charge in [0.2, 0.25) is 0 Å². The number of anilines is 1. The summed E-state index contributed by atoms with van der Waals surface area (Å²) in [7, 11) is 4.39. The van der Waals surface area contributed by atoms with E-state index in [0.29, 0.717) is 18.5 Å². The maximum atomic E-state index is 5.90. The fourth-order valence-electron chi connectivity index (χ4n) is 2.84. The number of likely N-dealkylation sites (tertiary alicyclic amines) is 1. The molecule has 0 saturated carbocycles. The van der Waals surface area contributed by atoms with Crippen molar-refractivity contribution in [2.75, 3.05) is 32.1 Å². The van der Waals surface area contributed by atoms with Crippen LogP contribution >= 0.6 is 11.3 Å². The molecule has 0 amide bonds. The van der Waals surface area contributed by atoms with Gasteiger partial charge in [-0.05, 0) is 38.8 Å². The molecule has 5 heteroatoms. The highest BCUT2D eigenvalue weighted by atomic mass is 32.1. The van der Waals surface area contributed by atoms with Crippen molar-refractivity contribution in [3.05, 3.63) is 10.6 Å². The van der Waals surface area contributed by atoms with Gasteiger partial charge in [0, 0.05) is 31.1 Å². The van der Waals surface area contributed by atoms with Crippen LogP contribution in [-0.2, 0) is 6.54 Å². The van der Waals surface area contributed by atoms with Crippen molar-refractivity contribution in [2.24, 2.45) is 5.73 Å². The van der Waals surface area contributed by atoms with Gasteiger partial charge in [0.15, 0.2) is 5.13 Å². The molecule has 2 unspecified atom stereocenters. The first-order valence-electron chi connectivity index (χ1n) is 7.67. The van der Waals surface area contributed by atoms with Crippen molar-refractivity contribution in [1.82, 2.24) is 9.88 Å². The number of aromatic nitrogens is 1. The Balaban J connectivity index is 2.17. The van der Waals surface area contributed by atoms with Crippen LogP contribution < -0.4 is 10.6 Å². The molecular formula is C15H28N4S. The van der Waals surface area contributed by atoms with E-state index in [4.69, 9.17) is 10.7 Å². The zero-order chi connectivity index (χ0) is 14.7. The Bertz CT molecular complexity index is 432. The number of hydrogen-bond acceptors (Lipinski definition) is 5. The highest BCUT2D eigenvalue weighted by molar-refractivity contribution is 7.15. The number of piperidine rings is 1. The van der Waals surface area contributed by atoms with Crippen LogP contribution in [0, 0.1) is 0 Å². The maximum Gasteiger partial charge on any atom is 0.185 e. The second-order valence-corrected chi connectivity index (χ2v) is 7.05. The molecule has 1 aromatic heterocycles. The quantitative estimate of drug-likeness (QED) is 0.907. The van der Waals surface area contributed by atoms with Gasteiger partial charge < -0.3 is 15.5 Å². The van der Waals surface area contributed by atoms with Gasteiger partial charge in [0.05, 0.1) is 5.69 Å². The molecule has 1 aliphatic rings. The second kappa shape index (κ2) is 6.87. The monoisotopic (exact) mass is 296 g/mol. The van der Waals surface area contributed by atoms with Crippen molar-refractivity contribution in [2.45, 2.75) is 51.6 Å². The fourth-order valence-corrected chi connectivity index (χ4v) is 3.93. The number of nitrogens with zero attached hydrogens (tertiary/aromatic N) is 3. The molecule has 0 radical (unpaired) electrons. The molecule has 0 spiro atoms. The molecular weight excluding hydrogens is 268 g/mol. The lowest BCUT2D eigenvalue weighted by molar-refractivity contribution is 0.248. The highest BCUT2D eigenvalue weighted by Gasteiger charge is 2.25. The average molecular weight is 296 g/mol. The Labute approximate surface area is 127 Å². The Morgan fingerprint density at radius 1 is 1.55 bits per heavy atom. The van der Waals surface area contributed by atoms with E-state index in [1.54, 1.807) is 11.3 Å². The van der Waals surface area contributed by atoms with Crippen molar-refractivity contribution < 1.29 is 0 Å². The Hall–Kier alpha value is -0.650. The van der Waals surface area contributed by atoms with Crippen molar-refractivity contribution in [3.8, 4) is 0 Å². The van der Waals surface area contributed by atoms with Crippen LogP contribution in [0.5, 0.6) is 0 Å². The van der Waals surface area contributed by atoms with E-state index in [9.17, 15) is 0 Å². The number of hydrogen-bond donors (Lipinski definition) is 1. The fraction of sp³-hybridized carbons (Fsp3) is 0.800. The molecule has 1 fully saturated rings. The third kappa shape index (κ3) is 3.32. The van der Waals surface area contributed by atoms with Gasteiger partial charge in [-0.2, -0.15) is 0 Å². The molecule has 1 saturated heterocycles. The van der Waals surface area contributed by atoms with Gasteiger partial charge in [-0.25, -0.2) is 4.98 Å². The summed E-state index contributed by atoms with van der Waals surface area (Å²) >= 11 is 1.78. The van der Waals surface area contributed by atoms with Crippen molar-refractivity contribution in [3.63, 3.8) is 0 Å². The van der Waals surface area contributed by atoms with Crippen LogP contribution in [0.1, 0.15) is 49.6 Å². The number of rotatable bonds is 5. The van der Waals surface area contributed by atoms with Crippen LogP contribution in [0.25, 0.3) is 0 Å². The summed E-state index contributed by atoms with van der Waals surface area (Å²) in [5, 5.41) is 1.14. The third-order valence-electron chi connectivity index (χ3n) is 4.43. The van der Waals surface area contributed by atoms with Gasteiger partial charge in [0.25, 0.3) is 0 Å². The predicted molar refractivity (Wildman–Crippen MR) is 87.6 cm³/mol. The zero-order valence-corrected chi connectivity index (χ0v) is 14.0. The lowest BCUT2D eigenvalue weighted by Crippen LogP contribution is -2.45. The van der Waals surface area contributed by atoms with E-state index in [0.717, 1.165) is 18.1 Å². The third-order valence-corrected chi connectivity index (χ3v) is 5.61. The zero-order valence-electron chi connectivity index (χ0n) is 13.2. The summed E-state index contributed by atoms with van der Waals surface area (Å²) in [4.78, 5) is 10.9. The molecule has 0 aromatic carbocycles. The molecule has 114 valence electrons. The molecule has 2 N–H and O–H groups in total. The number of thiazole rings is 1. The van der Waals surface area contributed by atoms with E-state index in [2.05, 4.69) is 37.7 Å². The molecule has 1 aromatic rings. The SMILES string of the molecule is CCC(C)c1nc(N(C)C2CCCN(C)C2)sc1CN. The Kier molecular flexibility index (Phi) is 5.41. The van der Waals surface area contributed by atoms with Crippen molar-refractivity contribution in [1.29, 1.82) is 0 Å². The smallest absolute Gasteiger partial charge is 0.185 e. The molecule has 0 bridgehead atoms. The topological polar surface area (TPSA) is 45.4 Å². The van der Waals surface area contributed by atoms with Gasteiger partial charge in [-0.3, -0.25) is 0 Å². The predicted octanol–water partition coefficient (Wildman–Crippen LogP) is 2.65. The van der Waals surface area contributed by atoms with Crippen LogP contribution in [-0.4, -0.2) is 43.1 Å². The van der Waals surface area contributed by atoms with E-state index >= 15 is 0 Å². The molecule has 20 heavy (non-hydrogen) atoms. The van der Waals surface area contributed by atoms with Crippen LogP contribution in [0.3, 0.4) is 0 Å². The molecule has 0 aliphatic carbocycles. The van der Waals surface area contributed by atoms with E-state index in [1.165, 1.54) is 30.0 Å². The minimum Gasteiger partial charge on any atom is -0.347 e. The molecule has 1 aliphatic heterocycles. The molecule has 4 nitrogen and oxygen atoms in total. The molecule has 2 heterocycles. The lowest BCUT2D eigenvalue weighted by atomic mass is 10.0. The minimum atomic E-state index is 0.501. The standard InChI is InChI=1S/C15H28N4S/c1-5-11(2)14-13(9-16)20-15(17-14)19(4)12-7-6-8-18(3)10-12/h11-12H,5-10,16H2,1-4H3. The summed E-state index contributed by atoms with van der Waals surface area (Å²) in [6.45, 7) is 7.41. The summed E-state index contributed by atoms with van der Waals surface area (Å²) in [5.41, 5.74) is 7.11. The summed E-state index contributed by atoms with van der Waals surface area (Å²) < 4.78 is 0. The van der Waals surface area contributed by atoms with Crippen LogP contribution in [0.2, 0.25) is 0 Å².